The predicted molar refractivity (Wildman–Crippen MR) is 93.7 cm³/mol. The minimum Gasteiger partial charge on any atom is -0.388 e. The normalized spacial score (nSPS) is 25.0. The Hall–Kier alpha value is -2.95. The van der Waals surface area contributed by atoms with E-state index in [9.17, 15) is 15.0 Å². The molecule has 2 aromatic heterocycles. The average Bonchev–Trinajstić information content (AvgIpc) is 3.25. The quantitative estimate of drug-likeness (QED) is 0.604. The monoisotopic (exact) mass is 370 g/mol. The molecule has 4 atom stereocenters. The number of ether oxygens (including phenoxy) is 1. The Bertz CT molecular complexity index is 962. The molecule has 1 fully saturated rings. The summed E-state index contributed by atoms with van der Waals surface area (Å²) in [6.07, 6.45) is -1.59. The van der Waals surface area contributed by atoms with E-state index >= 15 is 0 Å². The molecule has 0 aliphatic carbocycles. The maximum Gasteiger partial charge on any atom is 0.256 e. The standard InChI is InChI=1S/C17H18N6O4/c1-2-11-12(24)13(25)17(27-11)23-15-10(8-18-23)14(20-22-21-15)19-16(26)9-6-4-3-5-7-9/h3-8,11-13,17,24-25H,2H2,1H3,(H,19,20,21,26)/t11-,12-,13-,17-/m1/s1. The maximum atomic E-state index is 12.4. The van der Waals surface area contributed by atoms with Crippen molar-refractivity contribution in [3.05, 3.63) is 42.1 Å². The molecule has 4 rings (SSSR count). The average molecular weight is 370 g/mol. The molecule has 1 aliphatic rings. The predicted octanol–water partition coefficient (Wildman–Crippen LogP) is 0.503. The van der Waals surface area contributed by atoms with Crippen molar-refractivity contribution < 1.29 is 19.7 Å². The fourth-order valence-corrected chi connectivity index (χ4v) is 3.10. The molecule has 0 bridgehead atoms. The van der Waals surface area contributed by atoms with Crippen molar-refractivity contribution in [3.8, 4) is 0 Å². The lowest BCUT2D eigenvalue weighted by molar-refractivity contribution is -0.0425. The van der Waals surface area contributed by atoms with Gasteiger partial charge in [-0.1, -0.05) is 25.1 Å². The van der Waals surface area contributed by atoms with E-state index in [2.05, 4.69) is 25.8 Å². The molecule has 3 N–H and O–H groups in total. The highest BCUT2D eigenvalue weighted by molar-refractivity contribution is 6.07. The number of nitrogens with zero attached hydrogens (tertiary/aromatic N) is 5. The molecule has 0 spiro atoms. The number of carbonyl (C=O) groups excluding carboxylic acids is 1. The van der Waals surface area contributed by atoms with E-state index in [0.717, 1.165) is 0 Å². The van der Waals surface area contributed by atoms with Gasteiger partial charge in [0.2, 0.25) is 0 Å². The van der Waals surface area contributed by atoms with Crippen molar-refractivity contribution in [2.75, 3.05) is 5.32 Å². The van der Waals surface area contributed by atoms with Gasteiger partial charge >= 0.3 is 0 Å². The molecule has 1 aliphatic heterocycles. The number of aliphatic hydroxyl groups is 2. The largest absolute Gasteiger partial charge is 0.388 e. The fourth-order valence-electron chi connectivity index (χ4n) is 3.10. The third-order valence-electron chi connectivity index (χ3n) is 4.56. The number of anilines is 1. The van der Waals surface area contributed by atoms with Crippen molar-refractivity contribution in [1.82, 2.24) is 25.2 Å². The number of rotatable bonds is 4. The topological polar surface area (TPSA) is 135 Å². The van der Waals surface area contributed by atoms with E-state index in [1.54, 1.807) is 24.3 Å². The summed E-state index contributed by atoms with van der Waals surface area (Å²) in [6, 6.07) is 8.69. The molecule has 1 amide bonds. The zero-order chi connectivity index (χ0) is 19.0. The van der Waals surface area contributed by atoms with Crippen LogP contribution >= 0.6 is 0 Å². The van der Waals surface area contributed by atoms with Crippen LogP contribution in [0.2, 0.25) is 0 Å². The third-order valence-corrected chi connectivity index (χ3v) is 4.56. The molecule has 3 aromatic rings. The number of benzene rings is 1. The van der Waals surface area contributed by atoms with Gasteiger partial charge in [0.15, 0.2) is 17.7 Å². The van der Waals surface area contributed by atoms with Gasteiger partial charge in [-0.3, -0.25) is 4.79 Å². The van der Waals surface area contributed by atoms with Crippen molar-refractivity contribution >= 4 is 22.8 Å². The number of nitrogens with one attached hydrogen (secondary N) is 1. The van der Waals surface area contributed by atoms with Gasteiger partial charge in [-0.25, -0.2) is 4.68 Å². The van der Waals surface area contributed by atoms with E-state index < -0.39 is 24.5 Å². The van der Waals surface area contributed by atoms with Gasteiger partial charge in [0.25, 0.3) is 5.91 Å². The van der Waals surface area contributed by atoms with E-state index in [0.29, 0.717) is 17.4 Å². The Morgan fingerprint density at radius 2 is 2.00 bits per heavy atom. The summed E-state index contributed by atoms with van der Waals surface area (Å²) in [6.45, 7) is 1.85. The van der Waals surface area contributed by atoms with Crippen LogP contribution in [0, 0.1) is 0 Å². The van der Waals surface area contributed by atoms with Crippen molar-refractivity contribution in [2.45, 2.75) is 37.9 Å². The Morgan fingerprint density at radius 1 is 1.22 bits per heavy atom. The number of aliphatic hydroxyl groups excluding tert-OH is 2. The van der Waals surface area contributed by atoms with Crippen LogP contribution in [0.15, 0.2) is 36.5 Å². The summed E-state index contributed by atoms with van der Waals surface area (Å²) in [5, 5.41) is 39.2. The Morgan fingerprint density at radius 3 is 2.70 bits per heavy atom. The summed E-state index contributed by atoms with van der Waals surface area (Å²) in [5.41, 5.74) is 0.751. The van der Waals surface area contributed by atoms with Crippen LogP contribution in [0.25, 0.3) is 11.0 Å². The van der Waals surface area contributed by atoms with E-state index in [-0.39, 0.29) is 17.4 Å². The van der Waals surface area contributed by atoms with Crippen LogP contribution < -0.4 is 5.32 Å². The van der Waals surface area contributed by atoms with Crippen molar-refractivity contribution in [1.29, 1.82) is 0 Å². The fraction of sp³-hybridized carbons (Fsp3) is 0.353. The van der Waals surface area contributed by atoms with Gasteiger partial charge < -0.3 is 20.3 Å². The first-order valence-corrected chi connectivity index (χ1v) is 8.54. The second-order valence-electron chi connectivity index (χ2n) is 6.24. The van der Waals surface area contributed by atoms with E-state index in [1.807, 2.05) is 13.0 Å². The smallest absolute Gasteiger partial charge is 0.256 e. The van der Waals surface area contributed by atoms with Crippen LogP contribution in [-0.2, 0) is 4.74 Å². The highest BCUT2D eigenvalue weighted by Gasteiger charge is 2.44. The highest BCUT2D eigenvalue weighted by atomic mass is 16.6. The molecule has 10 nitrogen and oxygen atoms in total. The number of amides is 1. The van der Waals surface area contributed by atoms with Crippen LogP contribution in [-0.4, -0.2) is 59.6 Å². The lowest BCUT2D eigenvalue weighted by Gasteiger charge is -2.15. The van der Waals surface area contributed by atoms with Crippen molar-refractivity contribution in [2.24, 2.45) is 0 Å². The molecule has 140 valence electrons. The van der Waals surface area contributed by atoms with Gasteiger partial charge in [0.1, 0.15) is 12.2 Å². The number of hydrogen-bond acceptors (Lipinski definition) is 8. The molecule has 27 heavy (non-hydrogen) atoms. The van der Waals surface area contributed by atoms with E-state index in [4.69, 9.17) is 4.74 Å². The van der Waals surface area contributed by atoms with Gasteiger partial charge in [-0.2, -0.15) is 5.10 Å². The lowest BCUT2D eigenvalue weighted by Crippen LogP contribution is -2.31. The summed E-state index contributed by atoms with van der Waals surface area (Å²) < 4.78 is 7.04. The molecule has 0 unspecified atom stereocenters. The number of fused-ring (bicyclic) bond motifs is 1. The Labute approximate surface area is 153 Å². The Balaban J connectivity index is 1.65. The van der Waals surface area contributed by atoms with Crippen molar-refractivity contribution in [3.63, 3.8) is 0 Å². The van der Waals surface area contributed by atoms with Crippen LogP contribution in [0.4, 0.5) is 5.82 Å². The second kappa shape index (κ2) is 6.99. The summed E-state index contributed by atoms with van der Waals surface area (Å²) >= 11 is 0. The van der Waals surface area contributed by atoms with Crippen LogP contribution in [0.1, 0.15) is 29.9 Å². The molecule has 0 radical (unpaired) electrons. The van der Waals surface area contributed by atoms with E-state index in [1.165, 1.54) is 10.9 Å². The SMILES string of the molecule is CC[C@H]1O[C@@H](n2ncc3c(NC(=O)c4ccccc4)nnnc32)[C@H](O)[C@@H]1O. The van der Waals surface area contributed by atoms with Gasteiger partial charge in [0, 0.05) is 5.56 Å². The minimum absolute atomic E-state index is 0.195. The first-order chi connectivity index (χ1) is 13.1. The molecule has 10 heteroatoms. The molecular formula is C17H18N6O4. The van der Waals surface area contributed by atoms with Gasteiger partial charge in [0.05, 0.1) is 17.7 Å². The van der Waals surface area contributed by atoms with Crippen LogP contribution in [0.3, 0.4) is 0 Å². The molecule has 0 saturated carbocycles. The van der Waals surface area contributed by atoms with Gasteiger partial charge in [-0.05, 0) is 23.8 Å². The maximum absolute atomic E-state index is 12.4. The molecule has 3 heterocycles. The summed E-state index contributed by atoms with van der Waals surface area (Å²) in [4.78, 5) is 12.4. The number of aromatic nitrogens is 5. The zero-order valence-electron chi connectivity index (χ0n) is 14.4. The second-order valence-corrected chi connectivity index (χ2v) is 6.24. The number of carbonyl (C=O) groups is 1. The first-order valence-electron chi connectivity index (χ1n) is 8.54. The first kappa shape index (κ1) is 17.5. The molecule has 1 saturated heterocycles. The Kier molecular flexibility index (Phi) is 4.52. The summed E-state index contributed by atoms with van der Waals surface area (Å²) in [5.74, 6) is -0.149. The molecular weight excluding hydrogens is 352 g/mol. The molecule has 1 aromatic carbocycles. The minimum atomic E-state index is -1.16. The third kappa shape index (κ3) is 3.03. The van der Waals surface area contributed by atoms with Gasteiger partial charge in [-0.15, -0.1) is 10.2 Å². The summed E-state index contributed by atoms with van der Waals surface area (Å²) in [7, 11) is 0. The van der Waals surface area contributed by atoms with Crippen LogP contribution in [0.5, 0.6) is 0 Å². The highest BCUT2D eigenvalue weighted by Crippen LogP contribution is 2.32. The zero-order valence-corrected chi connectivity index (χ0v) is 14.4. The number of hydrogen-bond donors (Lipinski definition) is 3. The lowest BCUT2D eigenvalue weighted by atomic mass is 10.1.